The van der Waals surface area contributed by atoms with Crippen molar-refractivity contribution in [2.45, 2.75) is 19.9 Å². The first kappa shape index (κ1) is 24.7. The molecule has 182 valence electrons. The van der Waals surface area contributed by atoms with Crippen LogP contribution in [-0.2, 0) is 6.54 Å². The number of anilines is 2. The number of carbonyl (C=O) groups excluding carboxylic acids is 1. The van der Waals surface area contributed by atoms with E-state index in [2.05, 4.69) is 62.9 Å². The van der Waals surface area contributed by atoms with Gasteiger partial charge in [-0.2, -0.15) is 0 Å². The molecular weight excluding hydrogens is 456 g/mol. The summed E-state index contributed by atoms with van der Waals surface area (Å²) in [6.45, 7) is 7.72. The highest BCUT2D eigenvalue weighted by Crippen LogP contribution is 2.20. The molecule has 6 nitrogen and oxygen atoms in total. The Morgan fingerprint density at radius 1 is 0.943 bits per heavy atom. The number of nitrogens with one attached hydrogen (secondary N) is 2. The largest absolute Gasteiger partial charge is 0.494 e. The Hall–Kier alpha value is -3.42. The monoisotopic (exact) mass is 488 g/mol. The van der Waals surface area contributed by atoms with Gasteiger partial charge >= 0.3 is 0 Å². The van der Waals surface area contributed by atoms with Gasteiger partial charge in [0.25, 0.3) is 5.91 Å². The van der Waals surface area contributed by atoms with Crippen LogP contribution in [0, 0.1) is 0 Å². The van der Waals surface area contributed by atoms with Gasteiger partial charge in [0.2, 0.25) is 0 Å². The van der Waals surface area contributed by atoms with Crippen LogP contribution in [-0.4, -0.2) is 48.7 Å². The van der Waals surface area contributed by atoms with E-state index >= 15 is 0 Å². The average Bonchev–Trinajstić information content (AvgIpc) is 2.89. The maximum Gasteiger partial charge on any atom is 0.257 e. The number of hydrogen-bond acceptors (Lipinski definition) is 5. The van der Waals surface area contributed by atoms with Gasteiger partial charge in [-0.05, 0) is 66.7 Å². The Labute approximate surface area is 212 Å². The van der Waals surface area contributed by atoms with E-state index < -0.39 is 0 Å². The van der Waals surface area contributed by atoms with Crippen molar-refractivity contribution in [3.8, 4) is 5.75 Å². The number of ether oxygens (including phenoxy) is 1. The van der Waals surface area contributed by atoms with E-state index in [-0.39, 0.29) is 11.0 Å². The Morgan fingerprint density at radius 2 is 1.69 bits per heavy atom. The third-order valence-electron chi connectivity index (χ3n) is 5.91. The van der Waals surface area contributed by atoms with Crippen LogP contribution in [0.4, 0.5) is 11.4 Å². The average molecular weight is 489 g/mol. The van der Waals surface area contributed by atoms with Crippen molar-refractivity contribution < 1.29 is 9.53 Å². The standard InChI is InChI=1S/C28H32N4O2S/c1-2-19-34-26-10-6-9-23(20-26)27(33)30-28(35)29-24-11-13-25(14-12-24)32-17-15-31(16-18-32)21-22-7-4-3-5-8-22/h3-14,20H,2,15-19,21H2,1H3,(H2,29,30,33,35). The minimum atomic E-state index is -0.269. The fourth-order valence-corrected chi connectivity index (χ4v) is 4.26. The van der Waals surface area contributed by atoms with Crippen LogP contribution in [0.1, 0.15) is 29.3 Å². The molecule has 4 rings (SSSR count). The first-order valence-corrected chi connectivity index (χ1v) is 12.5. The minimum absolute atomic E-state index is 0.261. The maximum absolute atomic E-state index is 12.6. The fourth-order valence-electron chi connectivity index (χ4n) is 4.05. The van der Waals surface area contributed by atoms with Gasteiger partial charge in [-0.25, -0.2) is 0 Å². The van der Waals surface area contributed by atoms with Crippen LogP contribution >= 0.6 is 12.2 Å². The number of benzene rings is 3. The molecule has 0 saturated carbocycles. The minimum Gasteiger partial charge on any atom is -0.494 e. The summed E-state index contributed by atoms with van der Waals surface area (Å²) in [6, 6.07) is 25.9. The highest BCUT2D eigenvalue weighted by atomic mass is 32.1. The molecule has 0 radical (unpaired) electrons. The van der Waals surface area contributed by atoms with Crippen molar-refractivity contribution in [3.05, 3.63) is 90.0 Å². The second kappa shape index (κ2) is 12.3. The van der Waals surface area contributed by atoms with Gasteiger partial charge in [0.15, 0.2) is 5.11 Å². The van der Waals surface area contributed by atoms with Crippen LogP contribution < -0.4 is 20.3 Å². The molecule has 35 heavy (non-hydrogen) atoms. The summed E-state index contributed by atoms with van der Waals surface area (Å²) < 4.78 is 5.61. The molecule has 7 heteroatoms. The second-order valence-corrected chi connectivity index (χ2v) is 8.99. The molecule has 1 amide bonds. The zero-order chi connectivity index (χ0) is 24.5. The molecule has 0 atom stereocenters. The van der Waals surface area contributed by atoms with Crippen LogP contribution in [0.25, 0.3) is 0 Å². The lowest BCUT2D eigenvalue weighted by Crippen LogP contribution is -2.45. The number of piperazine rings is 1. The smallest absolute Gasteiger partial charge is 0.257 e. The third-order valence-corrected chi connectivity index (χ3v) is 6.11. The van der Waals surface area contributed by atoms with Gasteiger partial charge in [-0.3, -0.25) is 15.0 Å². The summed E-state index contributed by atoms with van der Waals surface area (Å²) in [5.41, 5.74) is 3.89. The first-order chi connectivity index (χ1) is 17.1. The third kappa shape index (κ3) is 7.28. The predicted molar refractivity (Wildman–Crippen MR) is 146 cm³/mol. The van der Waals surface area contributed by atoms with E-state index in [4.69, 9.17) is 17.0 Å². The van der Waals surface area contributed by atoms with E-state index in [9.17, 15) is 4.79 Å². The molecule has 0 bridgehead atoms. The highest BCUT2D eigenvalue weighted by Gasteiger charge is 2.17. The van der Waals surface area contributed by atoms with Crippen molar-refractivity contribution in [3.63, 3.8) is 0 Å². The summed E-state index contributed by atoms with van der Waals surface area (Å²) >= 11 is 5.35. The number of nitrogens with zero attached hydrogens (tertiary/aromatic N) is 2. The zero-order valence-corrected chi connectivity index (χ0v) is 20.9. The summed E-state index contributed by atoms with van der Waals surface area (Å²) in [4.78, 5) is 17.5. The van der Waals surface area contributed by atoms with E-state index in [0.29, 0.717) is 17.9 Å². The van der Waals surface area contributed by atoms with Gasteiger partial charge in [-0.1, -0.05) is 43.3 Å². The van der Waals surface area contributed by atoms with E-state index in [1.54, 1.807) is 18.2 Å². The molecule has 1 saturated heterocycles. The normalized spacial score (nSPS) is 13.8. The molecule has 0 aromatic heterocycles. The topological polar surface area (TPSA) is 56.8 Å². The highest BCUT2D eigenvalue weighted by molar-refractivity contribution is 7.80. The van der Waals surface area contributed by atoms with E-state index in [0.717, 1.165) is 44.8 Å². The molecule has 0 aliphatic carbocycles. The van der Waals surface area contributed by atoms with Crippen molar-refractivity contribution in [2.24, 2.45) is 0 Å². The number of rotatable bonds is 8. The van der Waals surface area contributed by atoms with E-state index in [1.807, 2.05) is 25.1 Å². The Morgan fingerprint density at radius 3 is 2.40 bits per heavy atom. The molecular formula is C28H32N4O2S. The second-order valence-electron chi connectivity index (χ2n) is 8.58. The van der Waals surface area contributed by atoms with Crippen LogP contribution in [0.3, 0.4) is 0 Å². The quantitative estimate of drug-likeness (QED) is 0.439. The molecule has 2 N–H and O–H groups in total. The number of hydrogen-bond donors (Lipinski definition) is 2. The molecule has 1 fully saturated rings. The lowest BCUT2D eigenvalue weighted by Gasteiger charge is -2.36. The lowest BCUT2D eigenvalue weighted by molar-refractivity contribution is 0.0977. The van der Waals surface area contributed by atoms with Crippen LogP contribution in [0.15, 0.2) is 78.9 Å². The summed E-state index contributed by atoms with van der Waals surface area (Å²) in [6.07, 6.45) is 0.910. The van der Waals surface area contributed by atoms with Crippen molar-refractivity contribution >= 4 is 34.6 Å². The van der Waals surface area contributed by atoms with Crippen LogP contribution in [0.2, 0.25) is 0 Å². The number of amides is 1. The number of carbonyl (C=O) groups is 1. The SMILES string of the molecule is CCCOc1cccc(C(=O)NC(=S)Nc2ccc(N3CCN(Cc4ccccc4)CC3)cc2)c1. The Balaban J connectivity index is 1.25. The summed E-state index contributed by atoms with van der Waals surface area (Å²) in [5, 5.41) is 6.10. The van der Waals surface area contributed by atoms with Gasteiger partial charge in [-0.15, -0.1) is 0 Å². The lowest BCUT2D eigenvalue weighted by atomic mass is 10.2. The molecule has 3 aromatic rings. The zero-order valence-electron chi connectivity index (χ0n) is 20.1. The molecule has 1 heterocycles. The number of thiocarbonyl (C=S) groups is 1. The van der Waals surface area contributed by atoms with Gasteiger partial charge in [0, 0.05) is 49.7 Å². The summed E-state index contributed by atoms with van der Waals surface area (Å²) in [7, 11) is 0. The van der Waals surface area contributed by atoms with Gasteiger partial charge < -0.3 is 15.0 Å². The molecule has 0 spiro atoms. The van der Waals surface area contributed by atoms with Crippen molar-refractivity contribution in [1.29, 1.82) is 0 Å². The molecule has 3 aromatic carbocycles. The van der Waals surface area contributed by atoms with Crippen LogP contribution in [0.5, 0.6) is 5.75 Å². The first-order valence-electron chi connectivity index (χ1n) is 12.1. The predicted octanol–water partition coefficient (Wildman–Crippen LogP) is 4.92. The molecule has 1 aliphatic heterocycles. The van der Waals surface area contributed by atoms with Crippen molar-refractivity contribution in [1.82, 2.24) is 10.2 Å². The molecule has 0 unspecified atom stereocenters. The summed E-state index contributed by atoms with van der Waals surface area (Å²) in [5.74, 6) is 0.407. The maximum atomic E-state index is 12.6. The van der Waals surface area contributed by atoms with Crippen molar-refractivity contribution in [2.75, 3.05) is 43.0 Å². The fraction of sp³-hybridized carbons (Fsp3) is 0.286. The Kier molecular flexibility index (Phi) is 8.70. The Bertz CT molecular complexity index is 1110. The van der Waals surface area contributed by atoms with E-state index in [1.165, 1.54) is 11.3 Å². The molecule has 1 aliphatic rings. The van der Waals surface area contributed by atoms with Gasteiger partial charge in [0.05, 0.1) is 6.61 Å². The van der Waals surface area contributed by atoms with Gasteiger partial charge in [0.1, 0.15) is 5.75 Å².